The number of nitrogens with zero attached hydrogens (tertiary/aromatic N) is 1. The van der Waals surface area contributed by atoms with Gasteiger partial charge in [0.25, 0.3) is 5.22 Å². The van der Waals surface area contributed by atoms with E-state index in [-0.39, 0.29) is 0 Å². The Balaban J connectivity index is 2.09. The first-order valence-corrected chi connectivity index (χ1v) is 7.10. The summed E-state index contributed by atoms with van der Waals surface area (Å²) in [6.45, 7) is 8.64. The fourth-order valence-electron chi connectivity index (χ4n) is 2.67. The van der Waals surface area contributed by atoms with Crippen LogP contribution in [0.1, 0.15) is 38.1 Å². The summed E-state index contributed by atoms with van der Waals surface area (Å²) in [5, 5.41) is 4.84. The largest absolute Gasteiger partial charge is 0.437 e. The summed E-state index contributed by atoms with van der Waals surface area (Å²) in [5.74, 6) is 0.936. The Kier molecular flexibility index (Phi) is 3.55. The molecular formula is C13H22N2OS. The molecule has 2 unspecified atom stereocenters. The number of hydrogen-bond acceptors (Lipinski definition) is 4. The second-order valence-electron chi connectivity index (χ2n) is 5.57. The molecule has 0 bridgehead atoms. The van der Waals surface area contributed by atoms with Crippen molar-refractivity contribution in [2.75, 3.05) is 7.05 Å². The predicted octanol–water partition coefficient (Wildman–Crippen LogP) is 3.16. The van der Waals surface area contributed by atoms with E-state index >= 15 is 0 Å². The zero-order chi connectivity index (χ0) is 12.6. The first kappa shape index (κ1) is 13.0. The van der Waals surface area contributed by atoms with Crippen LogP contribution in [0.25, 0.3) is 0 Å². The molecule has 0 saturated heterocycles. The Morgan fingerprint density at radius 2 is 2.12 bits per heavy atom. The number of hydrogen-bond donors (Lipinski definition) is 1. The van der Waals surface area contributed by atoms with Crippen molar-refractivity contribution in [2.45, 2.75) is 57.1 Å². The van der Waals surface area contributed by atoms with Crippen LogP contribution < -0.4 is 5.32 Å². The van der Waals surface area contributed by atoms with E-state index in [2.05, 4.69) is 31.2 Å². The maximum Gasteiger partial charge on any atom is 0.256 e. The third-order valence-electron chi connectivity index (χ3n) is 3.86. The summed E-state index contributed by atoms with van der Waals surface area (Å²) in [7, 11) is 2.05. The van der Waals surface area contributed by atoms with Gasteiger partial charge in [-0.3, -0.25) is 0 Å². The van der Waals surface area contributed by atoms with Gasteiger partial charge in [-0.15, -0.1) is 0 Å². The van der Waals surface area contributed by atoms with Crippen LogP contribution in [0, 0.1) is 19.3 Å². The van der Waals surface area contributed by atoms with Gasteiger partial charge in [0.05, 0.1) is 5.69 Å². The number of nitrogens with one attached hydrogen (secondary N) is 1. The second-order valence-corrected chi connectivity index (χ2v) is 6.76. The normalized spacial score (nSPS) is 27.6. The van der Waals surface area contributed by atoms with Crippen LogP contribution in [0.15, 0.2) is 9.64 Å². The summed E-state index contributed by atoms with van der Waals surface area (Å²) in [6, 6.07) is 0.528. The molecule has 1 aromatic rings. The Bertz CT molecular complexity index is 381. The molecule has 0 spiro atoms. The lowest BCUT2D eigenvalue weighted by molar-refractivity contribution is 0.299. The maximum absolute atomic E-state index is 5.66. The summed E-state index contributed by atoms with van der Waals surface area (Å²) in [6.07, 6.45) is 2.48. The van der Waals surface area contributed by atoms with Crippen LogP contribution >= 0.6 is 11.8 Å². The molecule has 0 aliphatic heterocycles. The summed E-state index contributed by atoms with van der Waals surface area (Å²) in [5.41, 5.74) is 1.37. The van der Waals surface area contributed by atoms with E-state index in [0.29, 0.717) is 16.7 Å². The highest BCUT2D eigenvalue weighted by atomic mass is 32.2. The molecular weight excluding hydrogens is 232 g/mol. The highest BCUT2D eigenvalue weighted by Gasteiger charge is 2.42. The molecule has 1 aromatic heterocycles. The average Bonchev–Trinajstić information content (AvgIpc) is 2.69. The quantitative estimate of drug-likeness (QED) is 0.899. The van der Waals surface area contributed by atoms with E-state index in [1.54, 1.807) is 11.8 Å². The van der Waals surface area contributed by atoms with Gasteiger partial charge in [0, 0.05) is 11.3 Å². The molecule has 0 aromatic carbocycles. The topological polar surface area (TPSA) is 38.1 Å². The fraction of sp³-hybridized carbons (Fsp3) is 0.769. The molecule has 96 valence electrons. The van der Waals surface area contributed by atoms with Crippen LogP contribution in [0.3, 0.4) is 0 Å². The molecule has 1 fully saturated rings. The monoisotopic (exact) mass is 254 g/mol. The molecule has 0 radical (unpaired) electrons. The van der Waals surface area contributed by atoms with Crippen LogP contribution in [-0.4, -0.2) is 23.3 Å². The fourth-order valence-corrected chi connectivity index (χ4v) is 4.16. The highest BCUT2D eigenvalue weighted by molar-refractivity contribution is 7.99. The van der Waals surface area contributed by atoms with Crippen LogP contribution in [0.4, 0.5) is 0 Å². The highest BCUT2D eigenvalue weighted by Crippen LogP contribution is 2.44. The molecule has 3 nitrogen and oxygen atoms in total. The molecule has 1 aliphatic carbocycles. The van der Waals surface area contributed by atoms with E-state index in [1.807, 2.05) is 13.8 Å². The Labute approximate surface area is 108 Å². The molecule has 2 atom stereocenters. The van der Waals surface area contributed by atoms with E-state index in [0.717, 1.165) is 16.7 Å². The molecule has 1 N–H and O–H groups in total. The first-order valence-electron chi connectivity index (χ1n) is 6.22. The predicted molar refractivity (Wildman–Crippen MR) is 71.5 cm³/mol. The molecule has 1 saturated carbocycles. The number of rotatable bonds is 3. The SMILES string of the molecule is CNC1C(Sc2nc(C)c(C)o2)CCC1(C)C. The maximum atomic E-state index is 5.66. The van der Waals surface area contributed by atoms with Gasteiger partial charge < -0.3 is 9.73 Å². The first-order chi connectivity index (χ1) is 7.94. The van der Waals surface area contributed by atoms with Gasteiger partial charge in [-0.25, -0.2) is 4.98 Å². The van der Waals surface area contributed by atoms with Crippen molar-refractivity contribution in [3.63, 3.8) is 0 Å². The number of oxazole rings is 1. The van der Waals surface area contributed by atoms with Crippen LogP contribution in [-0.2, 0) is 0 Å². The van der Waals surface area contributed by atoms with Crippen LogP contribution in [0.5, 0.6) is 0 Å². The van der Waals surface area contributed by atoms with Gasteiger partial charge in [0.1, 0.15) is 5.76 Å². The van der Waals surface area contributed by atoms with Gasteiger partial charge in [0.2, 0.25) is 0 Å². The minimum atomic E-state index is 0.364. The Morgan fingerprint density at radius 1 is 1.41 bits per heavy atom. The zero-order valence-electron chi connectivity index (χ0n) is 11.3. The van der Waals surface area contributed by atoms with Crippen molar-refractivity contribution < 1.29 is 4.42 Å². The molecule has 4 heteroatoms. The molecule has 1 heterocycles. The van der Waals surface area contributed by atoms with Crippen molar-refractivity contribution in [3.05, 3.63) is 11.5 Å². The lowest BCUT2D eigenvalue weighted by Crippen LogP contribution is -2.41. The molecule has 0 amide bonds. The molecule has 2 rings (SSSR count). The minimum absolute atomic E-state index is 0.364. The van der Waals surface area contributed by atoms with E-state index < -0.39 is 0 Å². The van der Waals surface area contributed by atoms with E-state index in [1.165, 1.54) is 12.8 Å². The van der Waals surface area contributed by atoms with Gasteiger partial charge in [-0.1, -0.05) is 25.6 Å². The van der Waals surface area contributed by atoms with Crippen molar-refractivity contribution >= 4 is 11.8 Å². The Morgan fingerprint density at radius 3 is 2.65 bits per heavy atom. The number of aryl methyl sites for hydroxylation is 2. The average molecular weight is 254 g/mol. The van der Waals surface area contributed by atoms with Crippen molar-refractivity contribution in [1.29, 1.82) is 0 Å². The van der Waals surface area contributed by atoms with Crippen molar-refractivity contribution in [2.24, 2.45) is 5.41 Å². The zero-order valence-corrected chi connectivity index (χ0v) is 12.1. The van der Waals surface area contributed by atoms with Crippen molar-refractivity contribution in [3.8, 4) is 0 Å². The summed E-state index contributed by atoms with van der Waals surface area (Å²) < 4.78 is 5.66. The van der Waals surface area contributed by atoms with E-state index in [9.17, 15) is 0 Å². The van der Waals surface area contributed by atoms with Crippen molar-refractivity contribution in [1.82, 2.24) is 10.3 Å². The third-order valence-corrected chi connectivity index (χ3v) is 5.05. The molecule has 17 heavy (non-hydrogen) atoms. The number of aromatic nitrogens is 1. The summed E-state index contributed by atoms with van der Waals surface area (Å²) in [4.78, 5) is 4.46. The second kappa shape index (κ2) is 4.65. The van der Waals surface area contributed by atoms with Crippen LogP contribution in [0.2, 0.25) is 0 Å². The third kappa shape index (κ3) is 2.52. The van der Waals surface area contributed by atoms with Gasteiger partial charge in [0.15, 0.2) is 0 Å². The smallest absolute Gasteiger partial charge is 0.256 e. The number of thioether (sulfide) groups is 1. The van der Waals surface area contributed by atoms with Gasteiger partial charge in [-0.2, -0.15) is 0 Å². The van der Waals surface area contributed by atoms with Gasteiger partial charge >= 0.3 is 0 Å². The van der Waals surface area contributed by atoms with Gasteiger partial charge in [-0.05, 0) is 39.2 Å². The molecule has 1 aliphatic rings. The Hall–Kier alpha value is -0.480. The van der Waals surface area contributed by atoms with E-state index in [4.69, 9.17) is 4.42 Å². The lowest BCUT2D eigenvalue weighted by atomic mass is 9.87. The lowest BCUT2D eigenvalue weighted by Gasteiger charge is -2.29. The standard InChI is InChI=1S/C13H22N2OS/c1-8-9(2)16-12(15-8)17-10-6-7-13(3,4)11(10)14-5/h10-11,14H,6-7H2,1-5H3. The minimum Gasteiger partial charge on any atom is -0.437 e. The summed E-state index contributed by atoms with van der Waals surface area (Å²) >= 11 is 1.78.